The Morgan fingerprint density at radius 1 is 0.240 bits per heavy atom. The molecule has 0 aliphatic heterocycles. The fourth-order valence-electron chi connectivity index (χ4n) is 12.2. The highest BCUT2D eigenvalue weighted by Gasteiger charge is 2.22. The second kappa shape index (κ2) is 39.2. The largest absolute Gasteiger partial charge is 0.255 e. The van der Waals surface area contributed by atoms with Crippen LogP contribution in [-0.2, 0) is 51.4 Å². The fourth-order valence-corrected chi connectivity index (χ4v) is 16.6. The smallest absolute Gasteiger partial charge is 0.0906 e. The van der Waals surface area contributed by atoms with Crippen molar-refractivity contribution in [3.63, 3.8) is 0 Å². The van der Waals surface area contributed by atoms with Gasteiger partial charge in [-0.25, -0.2) is 9.97 Å². The van der Waals surface area contributed by atoms with Gasteiger partial charge in [0.05, 0.1) is 84.6 Å². The van der Waals surface area contributed by atoms with Gasteiger partial charge in [-0.3, -0.25) is 19.9 Å². The first kappa shape index (κ1) is 73.8. The highest BCUT2D eigenvalue weighted by molar-refractivity contribution is 7.14. The molecule has 0 unspecified atom stereocenters. The molecule has 0 bridgehead atoms. The molecule has 0 amide bonds. The Bertz CT molecular complexity index is 4330. The molecule has 10 heterocycles. The van der Waals surface area contributed by atoms with Crippen molar-refractivity contribution in [3.05, 3.63) is 217 Å². The average molecular weight is 1390 g/mol. The van der Waals surface area contributed by atoms with E-state index in [4.69, 9.17) is 9.97 Å². The highest BCUT2D eigenvalue weighted by Crippen LogP contribution is 2.37. The molecular weight excluding hydrogens is 1290 g/mol. The van der Waals surface area contributed by atoms with E-state index in [0.29, 0.717) is 0 Å². The van der Waals surface area contributed by atoms with Crippen LogP contribution in [0.5, 0.6) is 0 Å². The van der Waals surface area contributed by atoms with Crippen molar-refractivity contribution < 1.29 is 0 Å². The summed E-state index contributed by atoms with van der Waals surface area (Å²) in [5.74, 6) is 44.2. The fraction of sp³-hybridized carbons (Fsp3) is 0.356. The lowest BCUT2D eigenvalue weighted by molar-refractivity contribution is 0.760. The SMILES string of the molecule is CCCCc1c(C#CC#Cc2sc(C#Cc3sc(C#Cc4cc(-c5ccccn5)nc(-c5ccccn5)c4)c(CCCC)c3CCCC)c(CCCC)c2CCCC)sc(C#Cc2sc(C#Cc3cc(-c4ccccn4)nc(-c4ccccn4)c3)c(CCCC)c2CCCC)c1CCCC. The van der Waals surface area contributed by atoms with Gasteiger partial charge in [0, 0.05) is 35.9 Å². The standard InChI is InChI=1S/C90H92N6S4/c1-9-17-35-67-69(37-19-11-3)87(53-55-89-73(41-23-15-7)71(39-21-13-5)85(99-89)51-49-65-61-79(75-43-27-31-57-91-75)95-80(62-65)76-44-28-32-58-92-76)97-83(67)47-25-26-48-84-68(36-18-10-2)70(38-20-12-4)88(98-84)54-56-90-74(42-24-16-8)72(40-22-14-6)86(100-90)52-50-66-63-81(77-45-29-33-59-93-77)96-82(64-66)78-46-30-34-60-94-78/h27-34,43-46,57-64H,9-24,35-42H2,1-8H3. The van der Waals surface area contributed by atoms with Gasteiger partial charge in [-0.05, 0) is 267 Å². The minimum atomic E-state index is 0.771. The molecule has 0 spiro atoms. The first-order valence-electron chi connectivity index (χ1n) is 36.7. The van der Waals surface area contributed by atoms with E-state index in [1.54, 1.807) is 45.3 Å². The van der Waals surface area contributed by atoms with Crippen LogP contribution >= 0.6 is 45.3 Å². The quantitative estimate of drug-likeness (QED) is 0.0455. The summed E-state index contributed by atoms with van der Waals surface area (Å²) in [6.45, 7) is 18.3. The van der Waals surface area contributed by atoms with Crippen molar-refractivity contribution in [2.45, 2.75) is 209 Å². The predicted octanol–water partition coefficient (Wildman–Crippen LogP) is 22.7. The number of hydrogen-bond donors (Lipinski definition) is 0. The molecule has 10 heteroatoms. The molecule has 10 aromatic rings. The number of hydrogen-bond acceptors (Lipinski definition) is 10. The maximum atomic E-state index is 5.02. The van der Waals surface area contributed by atoms with E-state index >= 15 is 0 Å². The van der Waals surface area contributed by atoms with Gasteiger partial charge in [0.1, 0.15) is 0 Å². The Morgan fingerprint density at radius 3 is 0.630 bits per heavy atom. The van der Waals surface area contributed by atoms with Crippen molar-refractivity contribution in [1.29, 1.82) is 0 Å². The zero-order chi connectivity index (χ0) is 69.7. The van der Waals surface area contributed by atoms with Crippen LogP contribution in [0.1, 0.15) is 253 Å². The number of rotatable bonds is 28. The number of aromatic nitrogens is 6. The van der Waals surface area contributed by atoms with Gasteiger partial charge in [0.2, 0.25) is 0 Å². The van der Waals surface area contributed by atoms with Gasteiger partial charge in [-0.2, -0.15) is 0 Å². The molecule has 10 rings (SSSR count). The van der Waals surface area contributed by atoms with Crippen LogP contribution in [-0.4, -0.2) is 29.9 Å². The van der Waals surface area contributed by atoms with Gasteiger partial charge >= 0.3 is 0 Å². The molecule has 0 radical (unpaired) electrons. The molecule has 0 atom stereocenters. The Balaban J connectivity index is 1.02. The highest BCUT2D eigenvalue weighted by atomic mass is 32.1. The summed E-state index contributed by atoms with van der Waals surface area (Å²) in [5, 5.41) is 0. The third-order valence-corrected chi connectivity index (χ3v) is 22.1. The first-order valence-corrected chi connectivity index (χ1v) is 39.9. The number of pyridine rings is 6. The molecule has 506 valence electrons. The lowest BCUT2D eigenvalue weighted by Gasteiger charge is -2.06. The zero-order valence-electron chi connectivity index (χ0n) is 59.8. The molecule has 6 nitrogen and oxygen atoms in total. The summed E-state index contributed by atoms with van der Waals surface area (Å²) < 4.78 is 0. The zero-order valence-corrected chi connectivity index (χ0v) is 63.1. The summed E-state index contributed by atoms with van der Waals surface area (Å²) in [6, 6.07) is 31.9. The molecule has 0 saturated carbocycles. The van der Waals surface area contributed by atoms with Crippen molar-refractivity contribution in [1.82, 2.24) is 29.9 Å². The molecule has 0 fully saturated rings. The normalized spacial score (nSPS) is 10.7. The van der Waals surface area contributed by atoms with Crippen molar-refractivity contribution >= 4 is 45.3 Å². The number of unbranched alkanes of at least 4 members (excludes halogenated alkanes) is 8. The van der Waals surface area contributed by atoms with E-state index in [9.17, 15) is 0 Å². The maximum absolute atomic E-state index is 5.02. The monoisotopic (exact) mass is 1380 g/mol. The Kier molecular flexibility index (Phi) is 28.9. The van der Waals surface area contributed by atoms with Crippen LogP contribution in [0.15, 0.2) is 122 Å². The average Bonchev–Trinajstić information content (AvgIpc) is 1.50. The Labute approximate surface area is 613 Å². The summed E-state index contributed by atoms with van der Waals surface area (Å²) in [4.78, 5) is 37.6. The summed E-state index contributed by atoms with van der Waals surface area (Å²) in [7, 11) is 0. The second-order valence-electron chi connectivity index (χ2n) is 25.3. The van der Waals surface area contributed by atoms with Crippen LogP contribution in [0.4, 0.5) is 0 Å². The third kappa shape index (κ3) is 19.9. The minimum absolute atomic E-state index is 0.771. The topological polar surface area (TPSA) is 77.3 Å². The predicted molar refractivity (Wildman–Crippen MR) is 425 cm³/mol. The van der Waals surface area contributed by atoms with Crippen molar-refractivity contribution in [2.75, 3.05) is 0 Å². The van der Waals surface area contributed by atoms with Gasteiger partial charge < -0.3 is 0 Å². The second-order valence-corrected chi connectivity index (χ2v) is 29.4. The summed E-state index contributed by atoms with van der Waals surface area (Å²) in [6.07, 6.45) is 32.6. The Morgan fingerprint density at radius 2 is 0.440 bits per heavy atom. The van der Waals surface area contributed by atoms with E-state index in [2.05, 4.69) is 171 Å². The molecule has 0 aromatic carbocycles. The van der Waals surface area contributed by atoms with Crippen LogP contribution in [0, 0.1) is 71.0 Å². The van der Waals surface area contributed by atoms with Gasteiger partial charge in [-0.15, -0.1) is 45.3 Å². The lowest BCUT2D eigenvalue weighted by atomic mass is 9.97. The van der Waals surface area contributed by atoms with E-state index in [1.807, 2.05) is 97.6 Å². The van der Waals surface area contributed by atoms with Crippen LogP contribution < -0.4 is 0 Å². The number of thiophene rings is 4. The molecule has 0 saturated heterocycles. The summed E-state index contributed by atoms with van der Waals surface area (Å²) in [5.41, 5.74) is 18.9. The van der Waals surface area contributed by atoms with Gasteiger partial charge in [0.15, 0.2) is 0 Å². The van der Waals surface area contributed by atoms with Crippen LogP contribution in [0.2, 0.25) is 0 Å². The molecule has 0 N–H and O–H groups in total. The van der Waals surface area contributed by atoms with Gasteiger partial charge in [0.25, 0.3) is 0 Å². The van der Waals surface area contributed by atoms with E-state index in [1.165, 1.54) is 44.5 Å². The minimum Gasteiger partial charge on any atom is -0.255 e. The van der Waals surface area contributed by atoms with E-state index < -0.39 is 0 Å². The van der Waals surface area contributed by atoms with Crippen molar-refractivity contribution in [2.24, 2.45) is 0 Å². The first-order chi connectivity index (χ1) is 49.3. The molecular formula is C90H92N6S4. The Hall–Kier alpha value is -8.94. The van der Waals surface area contributed by atoms with Gasteiger partial charge in [-0.1, -0.05) is 155 Å². The molecule has 0 aliphatic carbocycles. The number of nitrogens with zero attached hydrogens (tertiary/aromatic N) is 6. The van der Waals surface area contributed by atoms with Crippen LogP contribution in [0.3, 0.4) is 0 Å². The molecule has 10 aromatic heterocycles. The van der Waals surface area contributed by atoms with Crippen LogP contribution in [0.25, 0.3) is 45.6 Å². The molecule has 100 heavy (non-hydrogen) atoms. The van der Waals surface area contributed by atoms with E-state index in [0.717, 1.165) is 250 Å². The lowest BCUT2D eigenvalue weighted by Crippen LogP contribution is -1.96. The third-order valence-electron chi connectivity index (χ3n) is 17.7. The van der Waals surface area contributed by atoms with Crippen molar-refractivity contribution in [3.8, 4) is 117 Å². The molecule has 0 aliphatic rings. The van der Waals surface area contributed by atoms with E-state index in [-0.39, 0.29) is 0 Å². The maximum Gasteiger partial charge on any atom is 0.0906 e. The summed E-state index contributed by atoms with van der Waals surface area (Å²) >= 11 is 7.07.